The maximum Gasteiger partial charge on any atom is 0.224 e. The van der Waals surface area contributed by atoms with Crippen molar-refractivity contribution in [3.8, 4) is 0 Å². The minimum atomic E-state index is -0.0395. The monoisotopic (exact) mass is 330 g/mol. The van der Waals surface area contributed by atoms with Crippen molar-refractivity contribution in [3.63, 3.8) is 0 Å². The minimum absolute atomic E-state index is 0.0395. The highest BCUT2D eigenvalue weighted by Crippen LogP contribution is 2.22. The van der Waals surface area contributed by atoms with Crippen LogP contribution < -0.4 is 10.6 Å². The van der Waals surface area contributed by atoms with Gasteiger partial charge in [0.25, 0.3) is 0 Å². The summed E-state index contributed by atoms with van der Waals surface area (Å²) in [6.07, 6.45) is 2.69. The lowest BCUT2D eigenvalue weighted by Gasteiger charge is -2.22. The standard InChI is InChI=1S/C15H20Cl2N2O2/c16-13-2-1-11(9-14(13)17)10-15(20)19-7-8-21-12-3-5-18-6-4-12/h1-2,9,12,18H,3-8,10H2,(H,19,20). The van der Waals surface area contributed by atoms with Crippen LogP contribution in [0.25, 0.3) is 0 Å². The molecule has 1 aliphatic rings. The van der Waals surface area contributed by atoms with Gasteiger partial charge in [-0.05, 0) is 43.6 Å². The normalized spacial score (nSPS) is 15.9. The summed E-state index contributed by atoms with van der Waals surface area (Å²) in [5, 5.41) is 7.10. The summed E-state index contributed by atoms with van der Waals surface area (Å²) in [5.41, 5.74) is 0.848. The predicted molar refractivity (Wildman–Crippen MR) is 85.0 cm³/mol. The zero-order valence-corrected chi connectivity index (χ0v) is 13.3. The molecule has 0 aliphatic carbocycles. The maximum absolute atomic E-state index is 11.8. The first-order valence-electron chi connectivity index (χ1n) is 7.18. The van der Waals surface area contributed by atoms with Crippen LogP contribution in [0.1, 0.15) is 18.4 Å². The molecule has 21 heavy (non-hydrogen) atoms. The molecule has 1 fully saturated rings. The van der Waals surface area contributed by atoms with E-state index in [0.29, 0.717) is 35.7 Å². The fraction of sp³-hybridized carbons (Fsp3) is 0.533. The quantitative estimate of drug-likeness (QED) is 0.787. The van der Waals surface area contributed by atoms with Crippen molar-refractivity contribution in [2.45, 2.75) is 25.4 Å². The fourth-order valence-electron chi connectivity index (χ4n) is 2.28. The van der Waals surface area contributed by atoms with E-state index in [4.69, 9.17) is 27.9 Å². The molecule has 1 saturated heterocycles. The topological polar surface area (TPSA) is 50.4 Å². The van der Waals surface area contributed by atoms with Crippen molar-refractivity contribution in [2.24, 2.45) is 0 Å². The van der Waals surface area contributed by atoms with Crippen LogP contribution in [-0.2, 0) is 16.0 Å². The van der Waals surface area contributed by atoms with E-state index in [-0.39, 0.29) is 5.91 Å². The van der Waals surface area contributed by atoms with Crippen LogP contribution in [0, 0.1) is 0 Å². The molecule has 6 heteroatoms. The molecule has 116 valence electrons. The molecule has 2 rings (SSSR count). The van der Waals surface area contributed by atoms with Gasteiger partial charge >= 0.3 is 0 Å². The molecule has 0 unspecified atom stereocenters. The van der Waals surface area contributed by atoms with Crippen molar-refractivity contribution in [3.05, 3.63) is 33.8 Å². The van der Waals surface area contributed by atoms with E-state index in [0.717, 1.165) is 31.5 Å². The Balaban J connectivity index is 1.63. The number of amides is 1. The molecular formula is C15H20Cl2N2O2. The smallest absolute Gasteiger partial charge is 0.224 e. The third-order valence-electron chi connectivity index (χ3n) is 3.41. The van der Waals surface area contributed by atoms with E-state index >= 15 is 0 Å². The molecule has 0 spiro atoms. The first kappa shape index (κ1) is 16.6. The Morgan fingerprint density at radius 1 is 1.29 bits per heavy atom. The number of piperidine rings is 1. The Hall–Kier alpha value is -0.810. The van der Waals surface area contributed by atoms with Gasteiger partial charge in [0.1, 0.15) is 0 Å². The summed E-state index contributed by atoms with van der Waals surface area (Å²) in [5.74, 6) is -0.0395. The van der Waals surface area contributed by atoms with E-state index in [1.54, 1.807) is 18.2 Å². The van der Waals surface area contributed by atoms with Gasteiger partial charge in [-0.1, -0.05) is 29.3 Å². The van der Waals surface area contributed by atoms with Crippen molar-refractivity contribution in [1.29, 1.82) is 0 Å². The lowest BCUT2D eigenvalue weighted by atomic mass is 10.1. The lowest BCUT2D eigenvalue weighted by molar-refractivity contribution is -0.120. The fourth-order valence-corrected chi connectivity index (χ4v) is 2.60. The number of rotatable bonds is 6. The molecule has 4 nitrogen and oxygen atoms in total. The summed E-state index contributed by atoms with van der Waals surface area (Å²) >= 11 is 11.8. The van der Waals surface area contributed by atoms with Gasteiger partial charge < -0.3 is 15.4 Å². The number of carbonyl (C=O) groups is 1. The number of carbonyl (C=O) groups excluding carboxylic acids is 1. The number of hydrogen-bond donors (Lipinski definition) is 2. The number of hydrogen-bond acceptors (Lipinski definition) is 3. The van der Waals surface area contributed by atoms with E-state index in [2.05, 4.69) is 10.6 Å². The second-order valence-corrected chi connectivity index (χ2v) is 5.91. The van der Waals surface area contributed by atoms with Gasteiger partial charge in [-0.15, -0.1) is 0 Å². The molecular weight excluding hydrogens is 311 g/mol. The van der Waals surface area contributed by atoms with Gasteiger partial charge in [0.2, 0.25) is 5.91 Å². The second-order valence-electron chi connectivity index (χ2n) is 5.10. The number of benzene rings is 1. The highest BCUT2D eigenvalue weighted by molar-refractivity contribution is 6.42. The Bertz CT molecular complexity index is 477. The zero-order valence-electron chi connectivity index (χ0n) is 11.8. The van der Waals surface area contributed by atoms with Gasteiger partial charge in [-0.25, -0.2) is 0 Å². The SMILES string of the molecule is O=C(Cc1ccc(Cl)c(Cl)c1)NCCOC1CCNCC1. The van der Waals surface area contributed by atoms with Crippen molar-refractivity contribution < 1.29 is 9.53 Å². The summed E-state index contributed by atoms with van der Waals surface area (Å²) in [6.45, 7) is 3.10. The lowest BCUT2D eigenvalue weighted by Crippen LogP contribution is -2.35. The molecule has 1 aromatic rings. The Morgan fingerprint density at radius 2 is 2.05 bits per heavy atom. The van der Waals surface area contributed by atoms with Crippen molar-refractivity contribution in [2.75, 3.05) is 26.2 Å². The van der Waals surface area contributed by atoms with Gasteiger partial charge in [0.05, 0.1) is 29.2 Å². The van der Waals surface area contributed by atoms with Crippen LogP contribution in [0.5, 0.6) is 0 Å². The highest BCUT2D eigenvalue weighted by Gasteiger charge is 2.13. The first-order chi connectivity index (χ1) is 10.1. The molecule has 0 bridgehead atoms. The van der Waals surface area contributed by atoms with Gasteiger partial charge in [0.15, 0.2) is 0 Å². The van der Waals surface area contributed by atoms with E-state index in [1.807, 2.05) is 0 Å². The maximum atomic E-state index is 11.8. The molecule has 1 amide bonds. The summed E-state index contributed by atoms with van der Waals surface area (Å²) in [4.78, 5) is 11.8. The third kappa shape index (κ3) is 5.83. The summed E-state index contributed by atoms with van der Waals surface area (Å²) in [6, 6.07) is 5.22. The number of halogens is 2. The summed E-state index contributed by atoms with van der Waals surface area (Å²) < 4.78 is 5.73. The Kier molecular flexibility index (Phi) is 6.77. The Labute approximate surface area is 135 Å². The van der Waals surface area contributed by atoms with E-state index < -0.39 is 0 Å². The minimum Gasteiger partial charge on any atom is -0.376 e. The number of ether oxygens (including phenoxy) is 1. The average molecular weight is 331 g/mol. The first-order valence-corrected chi connectivity index (χ1v) is 7.93. The molecule has 1 aliphatic heterocycles. The number of nitrogens with one attached hydrogen (secondary N) is 2. The van der Waals surface area contributed by atoms with Crippen molar-refractivity contribution >= 4 is 29.1 Å². The van der Waals surface area contributed by atoms with Crippen LogP contribution in [-0.4, -0.2) is 38.3 Å². The zero-order chi connectivity index (χ0) is 15.1. The molecule has 0 radical (unpaired) electrons. The average Bonchev–Trinajstić information content (AvgIpc) is 2.49. The van der Waals surface area contributed by atoms with Crippen LogP contribution in [0.4, 0.5) is 0 Å². The van der Waals surface area contributed by atoms with Crippen molar-refractivity contribution in [1.82, 2.24) is 10.6 Å². The molecule has 0 saturated carbocycles. The Morgan fingerprint density at radius 3 is 2.76 bits per heavy atom. The van der Waals surface area contributed by atoms with Crippen LogP contribution in [0.2, 0.25) is 10.0 Å². The van der Waals surface area contributed by atoms with Gasteiger partial charge in [0, 0.05) is 6.54 Å². The van der Waals surface area contributed by atoms with Crippen LogP contribution in [0.3, 0.4) is 0 Å². The molecule has 2 N–H and O–H groups in total. The largest absolute Gasteiger partial charge is 0.376 e. The molecule has 0 atom stereocenters. The highest BCUT2D eigenvalue weighted by atomic mass is 35.5. The second kappa shape index (κ2) is 8.59. The third-order valence-corrected chi connectivity index (χ3v) is 4.15. The van der Waals surface area contributed by atoms with Gasteiger partial charge in [-0.2, -0.15) is 0 Å². The van der Waals surface area contributed by atoms with Crippen LogP contribution >= 0.6 is 23.2 Å². The van der Waals surface area contributed by atoms with E-state index in [9.17, 15) is 4.79 Å². The van der Waals surface area contributed by atoms with E-state index in [1.165, 1.54) is 0 Å². The molecule has 0 aromatic heterocycles. The van der Waals surface area contributed by atoms with Gasteiger partial charge in [-0.3, -0.25) is 4.79 Å². The molecule has 1 aromatic carbocycles. The predicted octanol–water partition coefficient (Wildman–Crippen LogP) is 2.42. The van der Waals surface area contributed by atoms with Crippen LogP contribution in [0.15, 0.2) is 18.2 Å². The molecule has 1 heterocycles. The summed E-state index contributed by atoms with van der Waals surface area (Å²) in [7, 11) is 0.